The molecule has 1 heterocycles. The van der Waals surface area contributed by atoms with Crippen molar-refractivity contribution in [2.45, 2.75) is 66.5 Å². The van der Waals surface area contributed by atoms with Gasteiger partial charge in [0, 0.05) is 10.9 Å². The number of aliphatic imine (C=N–C) groups is 1. The predicted molar refractivity (Wildman–Crippen MR) is 104 cm³/mol. The predicted octanol–water partition coefficient (Wildman–Crippen LogP) is 4.00. The van der Waals surface area contributed by atoms with E-state index in [2.05, 4.69) is 36.1 Å². The van der Waals surface area contributed by atoms with Crippen molar-refractivity contribution in [3.05, 3.63) is 15.6 Å². The van der Waals surface area contributed by atoms with Gasteiger partial charge in [-0.25, -0.2) is 9.98 Å². The van der Waals surface area contributed by atoms with Gasteiger partial charge in [-0.2, -0.15) is 0 Å². The van der Waals surface area contributed by atoms with Gasteiger partial charge in [0.25, 0.3) is 0 Å². The van der Waals surface area contributed by atoms with Gasteiger partial charge < -0.3 is 11.1 Å². The molecule has 1 aromatic rings. The maximum atomic E-state index is 5.93. The maximum absolute atomic E-state index is 5.93. The van der Waals surface area contributed by atoms with E-state index in [9.17, 15) is 0 Å². The van der Waals surface area contributed by atoms with Crippen LogP contribution in [0.4, 0.5) is 0 Å². The Kier molecular flexibility index (Phi) is 10.2. The lowest BCUT2D eigenvalue weighted by atomic mass is 10.0. The number of rotatable bonds is 7. The van der Waals surface area contributed by atoms with Crippen LogP contribution in [0.3, 0.4) is 0 Å². The number of nitrogens with one attached hydrogen (secondary N) is 1. The third-order valence-electron chi connectivity index (χ3n) is 3.21. The van der Waals surface area contributed by atoms with Gasteiger partial charge in [-0.1, -0.05) is 26.7 Å². The molecule has 0 aliphatic rings. The number of nitrogens with zero attached hydrogens (tertiary/aromatic N) is 2. The van der Waals surface area contributed by atoms with Crippen molar-refractivity contribution in [2.24, 2.45) is 16.6 Å². The Morgan fingerprint density at radius 2 is 1.95 bits per heavy atom. The summed E-state index contributed by atoms with van der Waals surface area (Å²) in [6, 6.07) is 0.377. The SMILES string of the molecule is Cc1nc(C)c(CN=C(N)NC(C)CCCC(C)C)s1.I. The van der Waals surface area contributed by atoms with E-state index in [1.807, 2.05) is 13.8 Å². The summed E-state index contributed by atoms with van der Waals surface area (Å²) in [7, 11) is 0. The zero-order valence-electron chi connectivity index (χ0n) is 13.8. The lowest BCUT2D eigenvalue weighted by molar-refractivity contribution is 0.493. The summed E-state index contributed by atoms with van der Waals surface area (Å²) in [6.07, 6.45) is 3.63. The van der Waals surface area contributed by atoms with Crippen LogP contribution >= 0.6 is 35.3 Å². The van der Waals surface area contributed by atoms with Crippen LogP contribution in [-0.4, -0.2) is 17.0 Å². The zero-order chi connectivity index (χ0) is 15.1. The largest absolute Gasteiger partial charge is 0.370 e. The van der Waals surface area contributed by atoms with Crippen molar-refractivity contribution in [2.75, 3.05) is 0 Å². The van der Waals surface area contributed by atoms with E-state index in [-0.39, 0.29) is 24.0 Å². The minimum absolute atomic E-state index is 0. The van der Waals surface area contributed by atoms with E-state index >= 15 is 0 Å². The summed E-state index contributed by atoms with van der Waals surface area (Å²) in [4.78, 5) is 9.99. The quantitative estimate of drug-likeness (QED) is 0.395. The molecular formula is C15H29IN4S. The molecule has 0 bridgehead atoms. The van der Waals surface area contributed by atoms with Crippen LogP contribution in [0.2, 0.25) is 0 Å². The molecule has 122 valence electrons. The number of aromatic nitrogens is 1. The molecule has 0 spiro atoms. The van der Waals surface area contributed by atoms with E-state index in [0.717, 1.165) is 23.0 Å². The van der Waals surface area contributed by atoms with Gasteiger partial charge in [-0.05, 0) is 33.1 Å². The van der Waals surface area contributed by atoms with Crippen molar-refractivity contribution in [3.63, 3.8) is 0 Å². The molecule has 0 aliphatic heterocycles. The Morgan fingerprint density at radius 3 is 2.48 bits per heavy atom. The minimum Gasteiger partial charge on any atom is -0.370 e. The highest BCUT2D eigenvalue weighted by Crippen LogP contribution is 2.17. The van der Waals surface area contributed by atoms with Gasteiger partial charge in [0.1, 0.15) is 0 Å². The van der Waals surface area contributed by atoms with Gasteiger partial charge in [-0.15, -0.1) is 35.3 Å². The van der Waals surface area contributed by atoms with Crippen LogP contribution < -0.4 is 11.1 Å². The summed E-state index contributed by atoms with van der Waals surface area (Å²) in [5, 5.41) is 4.35. The molecule has 1 aromatic heterocycles. The fourth-order valence-corrected chi connectivity index (χ4v) is 2.94. The Balaban J connectivity index is 0.00000400. The summed E-state index contributed by atoms with van der Waals surface area (Å²) < 4.78 is 0. The van der Waals surface area contributed by atoms with Gasteiger partial charge in [0.05, 0.1) is 17.2 Å². The highest BCUT2D eigenvalue weighted by Gasteiger charge is 2.06. The molecule has 0 radical (unpaired) electrons. The molecule has 0 fully saturated rings. The van der Waals surface area contributed by atoms with Gasteiger partial charge in [0.15, 0.2) is 5.96 Å². The summed E-state index contributed by atoms with van der Waals surface area (Å²) >= 11 is 1.69. The minimum atomic E-state index is 0. The molecule has 1 unspecified atom stereocenters. The average molecular weight is 424 g/mol. The lowest BCUT2D eigenvalue weighted by Gasteiger charge is -2.14. The first-order valence-electron chi connectivity index (χ1n) is 7.37. The van der Waals surface area contributed by atoms with Crippen molar-refractivity contribution in [1.29, 1.82) is 0 Å². The van der Waals surface area contributed by atoms with E-state index < -0.39 is 0 Å². The first kappa shape index (κ1) is 20.6. The third kappa shape index (κ3) is 8.60. The smallest absolute Gasteiger partial charge is 0.189 e. The number of hydrogen-bond donors (Lipinski definition) is 2. The molecule has 0 aromatic carbocycles. The van der Waals surface area contributed by atoms with Crippen LogP contribution in [0.5, 0.6) is 0 Å². The number of halogens is 1. The van der Waals surface area contributed by atoms with Crippen LogP contribution in [-0.2, 0) is 6.54 Å². The molecule has 4 nitrogen and oxygen atoms in total. The third-order valence-corrected chi connectivity index (χ3v) is 4.26. The number of hydrogen-bond acceptors (Lipinski definition) is 3. The van der Waals surface area contributed by atoms with Crippen LogP contribution in [0.1, 0.15) is 55.6 Å². The van der Waals surface area contributed by atoms with Crippen molar-refractivity contribution >= 4 is 41.3 Å². The zero-order valence-corrected chi connectivity index (χ0v) is 16.9. The standard InChI is InChI=1S/C15H28N4S.HI/c1-10(2)7-6-8-11(3)18-15(16)17-9-14-12(4)19-13(5)20-14;/h10-11H,6-9H2,1-5H3,(H3,16,17,18);1H. The molecule has 0 amide bonds. The van der Waals surface area contributed by atoms with E-state index in [1.54, 1.807) is 11.3 Å². The summed E-state index contributed by atoms with van der Waals surface area (Å²) in [6.45, 7) is 11.3. The molecule has 0 saturated carbocycles. The second kappa shape index (κ2) is 10.4. The first-order valence-corrected chi connectivity index (χ1v) is 8.19. The van der Waals surface area contributed by atoms with Crippen molar-refractivity contribution < 1.29 is 0 Å². The van der Waals surface area contributed by atoms with Crippen LogP contribution in [0.15, 0.2) is 4.99 Å². The topological polar surface area (TPSA) is 63.3 Å². The summed E-state index contributed by atoms with van der Waals surface area (Å²) in [5.41, 5.74) is 7.00. The Hall–Kier alpha value is -0.370. The number of guanidine groups is 1. The van der Waals surface area contributed by atoms with E-state index in [0.29, 0.717) is 18.5 Å². The molecule has 0 aliphatic carbocycles. The van der Waals surface area contributed by atoms with Crippen molar-refractivity contribution in [1.82, 2.24) is 10.3 Å². The second-order valence-electron chi connectivity index (χ2n) is 5.81. The second-order valence-corrected chi connectivity index (χ2v) is 7.10. The van der Waals surface area contributed by atoms with E-state index in [4.69, 9.17) is 5.73 Å². The van der Waals surface area contributed by atoms with Crippen LogP contribution in [0, 0.1) is 19.8 Å². The monoisotopic (exact) mass is 424 g/mol. The van der Waals surface area contributed by atoms with E-state index in [1.165, 1.54) is 17.7 Å². The first-order chi connectivity index (χ1) is 9.38. The molecule has 6 heteroatoms. The number of nitrogens with two attached hydrogens (primary N) is 1. The fraction of sp³-hybridized carbons (Fsp3) is 0.733. The molecule has 1 atom stereocenters. The molecule has 21 heavy (non-hydrogen) atoms. The van der Waals surface area contributed by atoms with Gasteiger partial charge >= 0.3 is 0 Å². The van der Waals surface area contributed by atoms with Gasteiger partial charge in [-0.3, -0.25) is 0 Å². The fourth-order valence-electron chi connectivity index (χ4n) is 2.08. The number of aryl methyl sites for hydroxylation is 2. The molecular weight excluding hydrogens is 395 g/mol. The molecule has 3 N–H and O–H groups in total. The van der Waals surface area contributed by atoms with Gasteiger partial charge in [0.2, 0.25) is 0 Å². The van der Waals surface area contributed by atoms with Crippen molar-refractivity contribution in [3.8, 4) is 0 Å². The average Bonchev–Trinajstić information content (AvgIpc) is 2.64. The lowest BCUT2D eigenvalue weighted by Crippen LogP contribution is -2.38. The number of thiazole rings is 1. The highest BCUT2D eigenvalue weighted by atomic mass is 127. The maximum Gasteiger partial charge on any atom is 0.189 e. The normalized spacial score (nSPS) is 13.1. The molecule has 0 saturated heterocycles. The van der Waals surface area contributed by atoms with Crippen LogP contribution in [0.25, 0.3) is 0 Å². The molecule has 1 rings (SSSR count). The highest BCUT2D eigenvalue weighted by molar-refractivity contribution is 14.0. The Labute approximate surface area is 150 Å². The summed E-state index contributed by atoms with van der Waals surface area (Å²) in [5.74, 6) is 1.30. The Morgan fingerprint density at radius 1 is 1.29 bits per heavy atom. The Bertz CT molecular complexity index is 443.